The van der Waals surface area contributed by atoms with Crippen LogP contribution in [-0.4, -0.2) is 36.8 Å². The highest BCUT2D eigenvalue weighted by Gasteiger charge is 2.25. The van der Waals surface area contributed by atoms with Crippen molar-refractivity contribution in [3.8, 4) is 22.8 Å². The molecule has 0 spiro atoms. The largest absolute Gasteiger partial charge is 0.493 e. The summed E-state index contributed by atoms with van der Waals surface area (Å²) in [6.07, 6.45) is 2.51. The number of pyridine rings is 1. The third-order valence-corrected chi connectivity index (χ3v) is 4.23. The summed E-state index contributed by atoms with van der Waals surface area (Å²) < 4.78 is 16.0. The fraction of sp³-hybridized carbons (Fsp3) is 0.300. The van der Waals surface area contributed by atoms with Crippen LogP contribution in [0.4, 0.5) is 0 Å². The topological polar surface area (TPSA) is 73.4 Å². The molecule has 4 rings (SSSR count). The lowest BCUT2D eigenvalue weighted by Gasteiger charge is -2.08. The van der Waals surface area contributed by atoms with Gasteiger partial charge in [0.15, 0.2) is 0 Å². The van der Waals surface area contributed by atoms with E-state index in [4.69, 9.17) is 14.2 Å². The third-order valence-electron chi connectivity index (χ3n) is 4.23. The maximum atomic E-state index is 12.3. The van der Waals surface area contributed by atoms with E-state index in [0.29, 0.717) is 23.7 Å². The van der Waals surface area contributed by atoms with E-state index in [1.54, 1.807) is 13.3 Å². The van der Waals surface area contributed by atoms with E-state index in [2.05, 4.69) is 9.97 Å². The molecule has 6 nitrogen and oxygen atoms in total. The zero-order valence-corrected chi connectivity index (χ0v) is 15.4. The normalized spacial score (nSPS) is 12.0. The predicted octanol–water partition coefficient (Wildman–Crippen LogP) is 3.99. The minimum Gasteiger partial charge on any atom is -0.493 e. The second-order valence-electron chi connectivity index (χ2n) is 5.53. The molecule has 2 aromatic heterocycles. The third kappa shape index (κ3) is 2.87. The lowest BCUT2D eigenvalue weighted by molar-refractivity contribution is 0.0596. The zero-order chi connectivity index (χ0) is 18.7. The van der Waals surface area contributed by atoms with Gasteiger partial charge in [-0.15, -0.1) is 0 Å². The van der Waals surface area contributed by atoms with Gasteiger partial charge in [0.2, 0.25) is 5.88 Å². The van der Waals surface area contributed by atoms with E-state index in [0.717, 1.165) is 34.2 Å². The Morgan fingerprint density at radius 3 is 2.81 bits per heavy atom. The molecule has 0 saturated carbocycles. The van der Waals surface area contributed by atoms with Gasteiger partial charge in [0.1, 0.15) is 11.4 Å². The van der Waals surface area contributed by atoms with Gasteiger partial charge >= 0.3 is 5.97 Å². The van der Waals surface area contributed by atoms with Crippen LogP contribution < -0.4 is 9.47 Å². The van der Waals surface area contributed by atoms with Gasteiger partial charge < -0.3 is 19.2 Å². The van der Waals surface area contributed by atoms with Crippen LogP contribution in [0.15, 0.2) is 30.5 Å². The molecule has 0 aliphatic carbocycles. The quantitative estimate of drug-likeness (QED) is 0.720. The number of ether oxygens (including phenoxy) is 3. The lowest BCUT2D eigenvalue weighted by atomic mass is 10.0. The summed E-state index contributed by atoms with van der Waals surface area (Å²) in [5, 5.41) is 0.877. The minimum absolute atomic E-state index is 0.377. The number of rotatable bonds is 3. The van der Waals surface area contributed by atoms with E-state index in [-0.39, 0.29) is 0 Å². The van der Waals surface area contributed by atoms with Gasteiger partial charge in [-0.3, -0.25) is 0 Å². The number of benzene rings is 1. The smallest absolute Gasteiger partial charge is 0.355 e. The van der Waals surface area contributed by atoms with Gasteiger partial charge in [0.25, 0.3) is 0 Å². The van der Waals surface area contributed by atoms with Crippen LogP contribution >= 0.6 is 0 Å². The van der Waals surface area contributed by atoms with Crippen LogP contribution in [0.2, 0.25) is 0 Å². The molecule has 3 aromatic rings. The molecule has 1 N–H and O–H groups in total. The summed E-state index contributed by atoms with van der Waals surface area (Å²) in [6.45, 7) is 4.68. The second-order valence-corrected chi connectivity index (χ2v) is 5.53. The second kappa shape index (κ2) is 7.47. The number of esters is 1. The first-order valence-electron chi connectivity index (χ1n) is 8.62. The molecule has 1 aliphatic heterocycles. The zero-order valence-electron chi connectivity index (χ0n) is 15.4. The Hall–Kier alpha value is -3.02. The minimum atomic E-state index is -0.437. The van der Waals surface area contributed by atoms with E-state index in [9.17, 15) is 4.79 Å². The van der Waals surface area contributed by atoms with Crippen molar-refractivity contribution in [1.29, 1.82) is 0 Å². The molecule has 0 radical (unpaired) electrons. The standard InChI is InChI=1S/C18H16N2O4.C2H6/c1-22-17-11(4-3-6-19-17)15-12-9-14-10(5-7-24-14)8-13(12)20-16(15)18(21)23-2;1-2/h3-4,6,8-9,20H,5,7H2,1-2H3;1-2H3. The molecular weight excluding hydrogens is 332 g/mol. The molecule has 0 atom stereocenters. The highest BCUT2D eigenvalue weighted by Crippen LogP contribution is 2.40. The Morgan fingerprint density at radius 1 is 1.27 bits per heavy atom. The van der Waals surface area contributed by atoms with Crippen LogP contribution in [0.3, 0.4) is 0 Å². The van der Waals surface area contributed by atoms with Gasteiger partial charge in [0, 0.05) is 34.6 Å². The van der Waals surface area contributed by atoms with E-state index < -0.39 is 5.97 Å². The summed E-state index contributed by atoms with van der Waals surface area (Å²) in [5.41, 5.74) is 3.80. The molecule has 6 heteroatoms. The highest BCUT2D eigenvalue weighted by atomic mass is 16.5. The Labute approximate surface area is 152 Å². The Balaban J connectivity index is 0.000000948. The maximum Gasteiger partial charge on any atom is 0.355 e. The molecule has 136 valence electrons. The number of methoxy groups -OCH3 is 2. The Morgan fingerprint density at radius 2 is 2.08 bits per heavy atom. The number of carbonyl (C=O) groups is 1. The first-order valence-corrected chi connectivity index (χ1v) is 8.62. The average Bonchev–Trinajstić information content (AvgIpc) is 3.30. The van der Waals surface area contributed by atoms with Crippen LogP contribution in [0, 0.1) is 0 Å². The molecule has 3 heterocycles. The lowest BCUT2D eigenvalue weighted by Crippen LogP contribution is -2.04. The summed E-state index contributed by atoms with van der Waals surface area (Å²) in [5.74, 6) is 0.861. The van der Waals surface area contributed by atoms with Gasteiger partial charge in [0.05, 0.1) is 20.8 Å². The van der Waals surface area contributed by atoms with Crippen molar-refractivity contribution in [3.63, 3.8) is 0 Å². The summed E-state index contributed by atoms with van der Waals surface area (Å²) in [6, 6.07) is 7.66. The molecule has 0 fully saturated rings. The maximum absolute atomic E-state index is 12.3. The van der Waals surface area contributed by atoms with Crippen molar-refractivity contribution in [2.24, 2.45) is 0 Å². The molecule has 0 amide bonds. The molecular formula is C20H22N2O4. The number of hydrogen-bond donors (Lipinski definition) is 1. The number of aromatic amines is 1. The fourth-order valence-corrected chi connectivity index (χ4v) is 3.15. The molecule has 0 saturated heterocycles. The van der Waals surface area contributed by atoms with Crippen molar-refractivity contribution in [2.75, 3.05) is 20.8 Å². The number of aromatic nitrogens is 2. The predicted molar refractivity (Wildman–Crippen MR) is 100.0 cm³/mol. The van der Waals surface area contributed by atoms with Crippen molar-refractivity contribution >= 4 is 16.9 Å². The van der Waals surface area contributed by atoms with Gasteiger partial charge in [-0.1, -0.05) is 13.8 Å². The van der Waals surface area contributed by atoms with Crippen molar-refractivity contribution in [2.45, 2.75) is 20.3 Å². The van der Waals surface area contributed by atoms with Crippen LogP contribution in [0.25, 0.3) is 22.0 Å². The van der Waals surface area contributed by atoms with Gasteiger partial charge in [-0.2, -0.15) is 0 Å². The highest BCUT2D eigenvalue weighted by molar-refractivity contribution is 6.09. The van der Waals surface area contributed by atoms with E-state index >= 15 is 0 Å². The van der Waals surface area contributed by atoms with E-state index in [1.807, 2.05) is 38.1 Å². The van der Waals surface area contributed by atoms with Crippen molar-refractivity contribution in [3.05, 3.63) is 41.7 Å². The van der Waals surface area contributed by atoms with Gasteiger partial charge in [-0.05, 0) is 29.8 Å². The van der Waals surface area contributed by atoms with Crippen LogP contribution in [-0.2, 0) is 11.2 Å². The number of hydrogen-bond acceptors (Lipinski definition) is 5. The molecule has 0 bridgehead atoms. The van der Waals surface area contributed by atoms with Crippen molar-refractivity contribution in [1.82, 2.24) is 9.97 Å². The number of carbonyl (C=O) groups excluding carboxylic acids is 1. The Bertz CT molecular complexity index is 946. The first-order chi connectivity index (χ1) is 12.7. The number of nitrogens with one attached hydrogen (secondary N) is 1. The fourth-order valence-electron chi connectivity index (χ4n) is 3.15. The van der Waals surface area contributed by atoms with Crippen LogP contribution in [0.1, 0.15) is 29.9 Å². The number of H-pyrrole nitrogens is 1. The van der Waals surface area contributed by atoms with Crippen molar-refractivity contribution < 1.29 is 19.0 Å². The summed E-state index contributed by atoms with van der Waals surface area (Å²) in [7, 11) is 2.92. The molecule has 26 heavy (non-hydrogen) atoms. The number of nitrogens with zero attached hydrogens (tertiary/aromatic N) is 1. The first kappa shape index (κ1) is 17.8. The SMILES string of the molecule is CC.COC(=O)c1[nH]c2cc3c(cc2c1-c1cccnc1OC)OCC3. The summed E-state index contributed by atoms with van der Waals surface area (Å²) in [4.78, 5) is 19.7. The summed E-state index contributed by atoms with van der Waals surface area (Å²) >= 11 is 0. The Kier molecular flexibility index (Phi) is 5.11. The number of fused-ring (bicyclic) bond motifs is 2. The average molecular weight is 354 g/mol. The molecule has 1 aromatic carbocycles. The molecule has 1 aliphatic rings. The van der Waals surface area contributed by atoms with Gasteiger partial charge in [-0.25, -0.2) is 9.78 Å². The van der Waals surface area contributed by atoms with Crippen LogP contribution in [0.5, 0.6) is 11.6 Å². The molecule has 0 unspecified atom stereocenters. The van der Waals surface area contributed by atoms with E-state index in [1.165, 1.54) is 7.11 Å². The monoisotopic (exact) mass is 354 g/mol.